The van der Waals surface area contributed by atoms with Crippen LogP contribution in [-0.2, 0) is 11.2 Å². The van der Waals surface area contributed by atoms with E-state index in [0.717, 1.165) is 28.3 Å². The molecule has 3 nitrogen and oxygen atoms in total. The summed E-state index contributed by atoms with van der Waals surface area (Å²) in [7, 11) is 0. The highest BCUT2D eigenvalue weighted by Crippen LogP contribution is 2.22. The van der Waals surface area contributed by atoms with Crippen molar-refractivity contribution in [2.75, 3.05) is 13.1 Å². The SMILES string of the molecule is CCNCC(C)C(=O)Cc1nc2ccccc2s1. The van der Waals surface area contributed by atoms with E-state index in [9.17, 15) is 4.79 Å². The minimum absolute atomic E-state index is 0.0527. The Hall–Kier alpha value is -1.26. The normalized spacial score (nSPS) is 12.8. The molecule has 0 fully saturated rings. The minimum Gasteiger partial charge on any atom is -0.316 e. The van der Waals surface area contributed by atoms with E-state index in [-0.39, 0.29) is 11.7 Å². The highest BCUT2D eigenvalue weighted by Gasteiger charge is 2.15. The first-order chi connectivity index (χ1) is 8.70. The van der Waals surface area contributed by atoms with E-state index in [0.29, 0.717) is 6.42 Å². The van der Waals surface area contributed by atoms with E-state index in [1.165, 1.54) is 0 Å². The number of benzene rings is 1. The molecule has 1 heterocycles. The van der Waals surface area contributed by atoms with E-state index in [2.05, 4.69) is 10.3 Å². The third kappa shape index (κ3) is 3.15. The van der Waals surface area contributed by atoms with Gasteiger partial charge in [-0.25, -0.2) is 4.98 Å². The Balaban J connectivity index is 2.02. The second-order valence-corrected chi connectivity index (χ2v) is 5.54. The molecule has 0 aliphatic heterocycles. The van der Waals surface area contributed by atoms with Crippen LogP contribution >= 0.6 is 11.3 Å². The number of hydrogen-bond acceptors (Lipinski definition) is 4. The van der Waals surface area contributed by atoms with Crippen LogP contribution in [-0.4, -0.2) is 23.9 Å². The summed E-state index contributed by atoms with van der Waals surface area (Å²) in [6.07, 6.45) is 0.450. The van der Waals surface area contributed by atoms with Crippen LogP contribution in [0.2, 0.25) is 0 Å². The van der Waals surface area contributed by atoms with Crippen LogP contribution in [0, 0.1) is 5.92 Å². The molecule has 0 aliphatic rings. The number of Topliss-reactive ketones (excluding diaryl/α,β-unsaturated/α-hetero) is 1. The molecule has 1 aromatic heterocycles. The number of carbonyl (C=O) groups excluding carboxylic acids is 1. The van der Waals surface area contributed by atoms with Crippen molar-refractivity contribution in [1.82, 2.24) is 10.3 Å². The van der Waals surface area contributed by atoms with Gasteiger partial charge in [-0.15, -0.1) is 11.3 Å². The van der Waals surface area contributed by atoms with Crippen LogP contribution in [0.5, 0.6) is 0 Å². The zero-order valence-corrected chi connectivity index (χ0v) is 11.6. The lowest BCUT2D eigenvalue weighted by Gasteiger charge is -2.09. The molecule has 0 radical (unpaired) electrons. The van der Waals surface area contributed by atoms with Gasteiger partial charge in [0.15, 0.2) is 0 Å². The Morgan fingerprint density at radius 3 is 2.94 bits per heavy atom. The minimum atomic E-state index is 0.0527. The maximum Gasteiger partial charge on any atom is 0.143 e. The van der Waals surface area contributed by atoms with Gasteiger partial charge in [0.1, 0.15) is 10.8 Å². The fourth-order valence-corrected chi connectivity index (χ4v) is 2.77. The number of para-hydroxylation sites is 1. The lowest BCUT2D eigenvalue weighted by molar-refractivity contribution is -0.121. The van der Waals surface area contributed by atoms with Crippen molar-refractivity contribution >= 4 is 27.3 Å². The quantitative estimate of drug-likeness (QED) is 0.870. The first kappa shape index (κ1) is 13.2. The smallest absolute Gasteiger partial charge is 0.143 e. The van der Waals surface area contributed by atoms with Gasteiger partial charge in [0.05, 0.1) is 16.6 Å². The highest BCUT2D eigenvalue weighted by molar-refractivity contribution is 7.18. The fraction of sp³-hybridized carbons (Fsp3) is 0.429. The van der Waals surface area contributed by atoms with Crippen molar-refractivity contribution in [1.29, 1.82) is 0 Å². The molecule has 1 aromatic carbocycles. The Labute approximate surface area is 111 Å². The van der Waals surface area contributed by atoms with Crippen molar-refractivity contribution in [2.24, 2.45) is 5.92 Å². The predicted octanol–water partition coefficient (Wildman–Crippen LogP) is 2.65. The zero-order chi connectivity index (χ0) is 13.0. The molecule has 0 spiro atoms. The van der Waals surface area contributed by atoms with E-state index in [1.807, 2.05) is 38.1 Å². The molecule has 0 amide bonds. The van der Waals surface area contributed by atoms with E-state index < -0.39 is 0 Å². The Morgan fingerprint density at radius 2 is 2.22 bits per heavy atom. The van der Waals surface area contributed by atoms with Crippen LogP contribution in [0.25, 0.3) is 10.2 Å². The van der Waals surface area contributed by atoms with Crippen LogP contribution < -0.4 is 5.32 Å². The Morgan fingerprint density at radius 1 is 1.44 bits per heavy atom. The lowest BCUT2D eigenvalue weighted by atomic mass is 10.0. The van der Waals surface area contributed by atoms with Crippen molar-refractivity contribution < 1.29 is 4.79 Å². The lowest BCUT2D eigenvalue weighted by Crippen LogP contribution is -2.27. The van der Waals surface area contributed by atoms with Crippen molar-refractivity contribution in [3.8, 4) is 0 Å². The standard InChI is InChI=1S/C14H18N2OS/c1-3-15-9-10(2)12(17)8-14-16-11-6-4-5-7-13(11)18-14/h4-7,10,15H,3,8-9H2,1-2H3. The summed E-state index contributed by atoms with van der Waals surface area (Å²) in [5.41, 5.74) is 0.990. The third-order valence-electron chi connectivity index (χ3n) is 2.91. The van der Waals surface area contributed by atoms with E-state index in [4.69, 9.17) is 0 Å². The summed E-state index contributed by atoms with van der Waals surface area (Å²) >= 11 is 1.61. The van der Waals surface area contributed by atoms with Gasteiger partial charge >= 0.3 is 0 Å². The van der Waals surface area contributed by atoms with Crippen LogP contribution in [0.15, 0.2) is 24.3 Å². The van der Waals surface area contributed by atoms with Gasteiger partial charge in [0, 0.05) is 12.5 Å². The summed E-state index contributed by atoms with van der Waals surface area (Å²) < 4.78 is 1.15. The first-order valence-electron chi connectivity index (χ1n) is 6.28. The van der Waals surface area contributed by atoms with Crippen molar-refractivity contribution in [3.63, 3.8) is 0 Å². The molecule has 0 bridgehead atoms. The van der Waals surface area contributed by atoms with Crippen molar-refractivity contribution in [2.45, 2.75) is 20.3 Å². The maximum atomic E-state index is 12.0. The van der Waals surface area contributed by atoms with Gasteiger partial charge in [-0.2, -0.15) is 0 Å². The zero-order valence-electron chi connectivity index (χ0n) is 10.8. The second kappa shape index (κ2) is 6.07. The Kier molecular flexibility index (Phi) is 4.44. The monoisotopic (exact) mass is 262 g/mol. The van der Waals surface area contributed by atoms with Crippen molar-refractivity contribution in [3.05, 3.63) is 29.3 Å². The average Bonchev–Trinajstić information content (AvgIpc) is 2.77. The molecule has 18 heavy (non-hydrogen) atoms. The van der Waals surface area contributed by atoms with Gasteiger partial charge < -0.3 is 5.32 Å². The number of rotatable bonds is 6. The van der Waals surface area contributed by atoms with Gasteiger partial charge in [-0.1, -0.05) is 26.0 Å². The second-order valence-electron chi connectivity index (χ2n) is 4.43. The number of ketones is 1. The van der Waals surface area contributed by atoms with Gasteiger partial charge in [0.2, 0.25) is 0 Å². The maximum absolute atomic E-state index is 12.0. The molecule has 2 rings (SSSR count). The highest BCUT2D eigenvalue weighted by atomic mass is 32.1. The largest absolute Gasteiger partial charge is 0.316 e. The molecular weight excluding hydrogens is 244 g/mol. The topological polar surface area (TPSA) is 42.0 Å². The number of fused-ring (bicyclic) bond motifs is 1. The Bertz CT molecular complexity index is 502. The molecule has 0 saturated heterocycles. The molecule has 0 aliphatic carbocycles. The first-order valence-corrected chi connectivity index (χ1v) is 7.10. The van der Waals surface area contributed by atoms with Crippen LogP contribution in [0.1, 0.15) is 18.9 Å². The average molecular weight is 262 g/mol. The van der Waals surface area contributed by atoms with E-state index in [1.54, 1.807) is 11.3 Å². The summed E-state index contributed by atoms with van der Waals surface area (Å²) in [6.45, 7) is 5.67. The molecule has 2 aromatic rings. The van der Waals surface area contributed by atoms with Crippen LogP contribution in [0.4, 0.5) is 0 Å². The molecular formula is C14H18N2OS. The summed E-state index contributed by atoms with van der Waals surface area (Å²) in [6, 6.07) is 8.01. The molecule has 0 saturated carbocycles. The molecule has 4 heteroatoms. The third-order valence-corrected chi connectivity index (χ3v) is 3.95. The number of nitrogens with zero attached hydrogens (tertiary/aromatic N) is 1. The number of aromatic nitrogens is 1. The summed E-state index contributed by atoms with van der Waals surface area (Å²) in [5, 5.41) is 4.12. The number of hydrogen-bond donors (Lipinski definition) is 1. The predicted molar refractivity (Wildman–Crippen MR) is 76.0 cm³/mol. The molecule has 1 atom stereocenters. The van der Waals surface area contributed by atoms with E-state index >= 15 is 0 Å². The summed E-state index contributed by atoms with van der Waals surface area (Å²) in [5.74, 6) is 0.312. The van der Waals surface area contributed by atoms with Gasteiger partial charge in [-0.3, -0.25) is 4.79 Å². The molecule has 96 valence electrons. The van der Waals surface area contributed by atoms with Gasteiger partial charge in [-0.05, 0) is 18.7 Å². The fourth-order valence-electron chi connectivity index (χ4n) is 1.79. The number of thiazole rings is 1. The number of carbonyl (C=O) groups is 1. The van der Waals surface area contributed by atoms with Crippen LogP contribution in [0.3, 0.4) is 0 Å². The number of nitrogens with one attached hydrogen (secondary N) is 1. The molecule has 1 unspecified atom stereocenters. The van der Waals surface area contributed by atoms with Gasteiger partial charge in [0.25, 0.3) is 0 Å². The molecule has 1 N–H and O–H groups in total. The summed E-state index contributed by atoms with van der Waals surface area (Å²) in [4.78, 5) is 16.5.